The number of halogens is 3. The van der Waals surface area contributed by atoms with Gasteiger partial charge in [0.05, 0.1) is 10.7 Å². The Labute approximate surface area is 112 Å². The van der Waals surface area contributed by atoms with Gasteiger partial charge in [0.1, 0.15) is 17.4 Å². The van der Waals surface area contributed by atoms with Crippen molar-refractivity contribution in [1.29, 1.82) is 0 Å². The van der Waals surface area contributed by atoms with Crippen molar-refractivity contribution in [2.45, 2.75) is 0 Å². The zero-order valence-electron chi connectivity index (χ0n) is 9.45. The van der Waals surface area contributed by atoms with Crippen molar-refractivity contribution in [1.82, 2.24) is 0 Å². The number of phenols is 1. The highest BCUT2D eigenvalue weighted by Crippen LogP contribution is 2.24. The molecule has 1 amide bonds. The van der Waals surface area contributed by atoms with Crippen LogP contribution in [0.5, 0.6) is 5.75 Å². The predicted octanol–water partition coefficient (Wildman–Crippen LogP) is 3.58. The van der Waals surface area contributed by atoms with Gasteiger partial charge >= 0.3 is 0 Å². The maximum Gasteiger partial charge on any atom is 0.255 e. The van der Waals surface area contributed by atoms with Crippen molar-refractivity contribution in [2.75, 3.05) is 5.32 Å². The van der Waals surface area contributed by atoms with E-state index in [1.54, 1.807) is 0 Å². The lowest BCUT2D eigenvalue weighted by molar-refractivity contribution is 0.102. The van der Waals surface area contributed by atoms with Gasteiger partial charge in [-0.05, 0) is 30.3 Å². The molecule has 6 heteroatoms. The van der Waals surface area contributed by atoms with Crippen LogP contribution >= 0.6 is 11.6 Å². The molecular formula is C13H8ClF2NO2. The van der Waals surface area contributed by atoms with E-state index in [2.05, 4.69) is 5.32 Å². The Balaban J connectivity index is 2.23. The first-order valence-corrected chi connectivity index (χ1v) is 5.60. The van der Waals surface area contributed by atoms with Gasteiger partial charge in [0.15, 0.2) is 0 Å². The summed E-state index contributed by atoms with van der Waals surface area (Å²) in [6.45, 7) is 0. The summed E-state index contributed by atoms with van der Waals surface area (Å²) in [5.74, 6) is -2.39. The fraction of sp³-hybridized carbons (Fsp3) is 0. The summed E-state index contributed by atoms with van der Waals surface area (Å²) in [7, 11) is 0. The summed E-state index contributed by atoms with van der Waals surface area (Å²) in [6.07, 6.45) is 0. The fourth-order valence-corrected chi connectivity index (χ4v) is 1.61. The average Bonchev–Trinajstić information content (AvgIpc) is 2.36. The Hall–Kier alpha value is -2.14. The second-order valence-electron chi connectivity index (χ2n) is 3.74. The van der Waals surface area contributed by atoms with Crippen LogP contribution in [0.15, 0.2) is 36.4 Å². The van der Waals surface area contributed by atoms with Crippen molar-refractivity contribution in [3.05, 3.63) is 58.6 Å². The van der Waals surface area contributed by atoms with Gasteiger partial charge in [-0.1, -0.05) is 11.6 Å². The quantitative estimate of drug-likeness (QED) is 0.885. The molecule has 98 valence electrons. The van der Waals surface area contributed by atoms with Gasteiger partial charge in [0, 0.05) is 11.6 Å². The van der Waals surface area contributed by atoms with Gasteiger partial charge in [-0.3, -0.25) is 4.79 Å². The van der Waals surface area contributed by atoms with Gasteiger partial charge < -0.3 is 10.4 Å². The number of aromatic hydroxyl groups is 1. The number of amides is 1. The van der Waals surface area contributed by atoms with E-state index >= 15 is 0 Å². The minimum absolute atomic E-state index is 0.00669. The van der Waals surface area contributed by atoms with Crippen molar-refractivity contribution < 1.29 is 18.7 Å². The lowest BCUT2D eigenvalue weighted by Gasteiger charge is -2.07. The molecule has 19 heavy (non-hydrogen) atoms. The van der Waals surface area contributed by atoms with E-state index in [0.717, 1.165) is 12.1 Å². The molecular weight excluding hydrogens is 276 g/mol. The van der Waals surface area contributed by atoms with Gasteiger partial charge in [0.25, 0.3) is 5.91 Å². The molecule has 0 heterocycles. The molecule has 0 atom stereocenters. The van der Waals surface area contributed by atoms with E-state index in [4.69, 9.17) is 11.6 Å². The molecule has 0 aliphatic heterocycles. The molecule has 0 fully saturated rings. The summed E-state index contributed by atoms with van der Waals surface area (Å²) in [4.78, 5) is 11.8. The van der Waals surface area contributed by atoms with E-state index < -0.39 is 17.5 Å². The molecule has 0 saturated heterocycles. The summed E-state index contributed by atoms with van der Waals surface area (Å²) in [5.41, 5.74) is 0.00197. The van der Waals surface area contributed by atoms with Crippen LogP contribution < -0.4 is 5.32 Å². The van der Waals surface area contributed by atoms with E-state index in [1.807, 2.05) is 0 Å². The minimum atomic E-state index is -0.877. The Kier molecular flexibility index (Phi) is 3.66. The molecule has 0 spiro atoms. The fourth-order valence-electron chi connectivity index (χ4n) is 1.43. The molecule has 0 aliphatic rings. The first-order chi connectivity index (χ1) is 8.97. The molecule has 3 nitrogen and oxygen atoms in total. The van der Waals surface area contributed by atoms with Crippen LogP contribution in [-0.4, -0.2) is 11.0 Å². The molecule has 2 rings (SSSR count). The van der Waals surface area contributed by atoms with Crippen LogP contribution in [0.2, 0.25) is 5.02 Å². The third kappa shape index (κ3) is 3.00. The van der Waals surface area contributed by atoms with Crippen LogP contribution in [0.25, 0.3) is 0 Å². The number of nitrogens with one attached hydrogen (secondary N) is 1. The summed E-state index contributed by atoms with van der Waals surface area (Å²) in [6, 6.07) is 6.64. The smallest absolute Gasteiger partial charge is 0.255 e. The van der Waals surface area contributed by atoms with E-state index in [-0.39, 0.29) is 22.0 Å². The molecule has 0 radical (unpaired) electrons. The Morgan fingerprint density at radius 2 is 1.89 bits per heavy atom. The number of hydrogen-bond donors (Lipinski definition) is 2. The third-order valence-electron chi connectivity index (χ3n) is 2.39. The third-order valence-corrected chi connectivity index (χ3v) is 2.69. The Morgan fingerprint density at radius 1 is 1.16 bits per heavy atom. The monoisotopic (exact) mass is 283 g/mol. The highest BCUT2D eigenvalue weighted by atomic mass is 35.5. The normalized spacial score (nSPS) is 10.3. The molecule has 2 aromatic rings. The van der Waals surface area contributed by atoms with Crippen LogP contribution in [0.4, 0.5) is 14.5 Å². The maximum atomic E-state index is 13.3. The number of hydrogen-bond acceptors (Lipinski definition) is 2. The van der Waals surface area contributed by atoms with Crippen LogP contribution in [0.1, 0.15) is 10.4 Å². The van der Waals surface area contributed by atoms with Gasteiger partial charge in [-0.2, -0.15) is 0 Å². The average molecular weight is 284 g/mol. The summed E-state index contributed by atoms with van der Waals surface area (Å²) < 4.78 is 26.1. The number of benzene rings is 2. The second-order valence-corrected chi connectivity index (χ2v) is 4.15. The van der Waals surface area contributed by atoms with E-state index in [9.17, 15) is 18.7 Å². The largest absolute Gasteiger partial charge is 0.506 e. The SMILES string of the molecule is O=C(Nc1ccc(F)cc1F)c1ccc(O)c(Cl)c1. The highest BCUT2D eigenvalue weighted by Gasteiger charge is 2.11. The number of phenolic OH excluding ortho intramolecular Hbond substituents is 1. The van der Waals surface area contributed by atoms with E-state index in [0.29, 0.717) is 6.07 Å². The molecule has 0 bridgehead atoms. The minimum Gasteiger partial charge on any atom is -0.506 e. The van der Waals surface area contributed by atoms with Crippen molar-refractivity contribution >= 4 is 23.2 Å². The second kappa shape index (κ2) is 5.24. The van der Waals surface area contributed by atoms with Gasteiger partial charge in [0.2, 0.25) is 0 Å². The standard InChI is InChI=1S/C13H8ClF2NO2/c14-9-5-7(1-4-12(9)18)13(19)17-11-3-2-8(15)6-10(11)16/h1-6,18H,(H,17,19). The number of anilines is 1. The van der Waals surface area contributed by atoms with Crippen molar-refractivity contribution in [3.8, 4) is 5.75 Å². The van der Waals surface area contributed by atoms with Crippen LogP contribution in [0, 0.1) is 11.6 Å². The zero-order valence-corrected chi connectivity index (χ0v) is 10.2. The van der Waals surface area contributed by atoms with Crippen molar-refractivity contribution in [3.63, 3.8) is 0 Å². The van der Waals surface area contributed by atoms with E-state index in [1.165, 1.54) is 18.2 Å². The highest BCUT2D eigenvalue weighted by molar-refractivity contribution is 6.32. The molecule has 0 unspecified atom stereocenters. The maximum absolute atomic E-state index is 13.3. The Bertz CT molecular complexity index is 647. The molecule has 0 aromatic heterocycles. The lowest BCUT2D eigenvalue weighted by Crippen LogP contribution is -2.13. The Morgan fingerprint density at radius 3 is 2.53 bits per heavy atom. The zero-order chi connectivity index (χ0) is 14.0. The molecule has 0 saturated carbocycles. The van der Waals surface area contributed by atoms with Gasteiger partial charge in [-0.15, -0.1) is 0 Å². The number of rotatable bonds is 2. The van der Waals surface area contributed by atoms with Crippen LogP contribution in [0.3, 0.4) is 0 Å². The van der Waals surface area contributed by atoms with Gasteiger partial charge in [-0.25, -0.2) is 8.78 Å². The summed E-state index contributed by atoms with van der Waals surface area (Å²) in [5, 5.41) is 11.5. The summed E-state index contributed by atoms with van der Waals surface area (Å²) >= 11 is 5.66. The first kappa shape index (κ1) is 13.3. The first-order valence-electron chi connectivity index (χ1n) is 5.22. The molecule has 2 N–H and O–H groups in total. The van der Waals surface area contributed by atoms with Crippen molar-refractivity contribution in [2.24, 2.45) is 0 Å². The lowest BCUT2D eigenvalue weighted by atomic mass is 10.2. The topological polar surface area (TPSA) is 49.3 Å². The predicted molar refractivity (Wildman–Crippen MR) is 67.4 cm³/mol. The number of carbonyl (C=O) groups is 1. The molecule has 0 aliphatic carbocycles. The van der Waals surface area contributed by atoms with Crippen LogP contribution in [-0.2, 0) is 0 Å². The molecule has 2 aromatic carbocycles. The number of carbonyl (C=O) groups excluding carboxylic acids is 1.